The standard InChI is InChI=1S/C17H18N2O4/c1-3-23-17(21)18(15-12-8-5-9-13-15)19(22-2)16(20)14-10-6-4-7-11-14/h4-13H,3H2,1-2H3. The Morgan fingerprint density at radius 1 is 0.957 bits per heavy atom. The first-order chi connectivity index (χ1) is 11.2. The molecule has 0 spiro atoms. The highest BCUT2D eigenvalue weighted by Gasteiger charge is 2.30. The Morgan fingerprint density at radius 3 is 2.04 bits per heavy atom. The summed E-state index contributed by atoms with van der Waals surface area (Å²) >= 11 is 0. The van der Waals surface area contributed by atoms with Gasteiger partial charge >= 0.3 is 6.09 Å². The molecule has 2 aromatic rings. The molecule has 6 heteroatoms. The summed E-state index contributed by atoms with van der Waals surface area (Å²) in [5, 5.41) is 1.93. The number of anilines is 1. The van der Waals surface area contributed by atoms with E-state index in [0.29, 0.717) is 11.3 Å². The van der Waals surface area contributed by atoms with Crippen molar-refractivity contribution in [3.05, 3.63) is 66.2 Å². The molecule has 2 amide bonds. The first kappa shape index (κ1) is 16.5. The van der Waals surface area contributed by atoms with Crippen LogP contribution in [0.4, 0.5) is 10.5 Å². The van der Waals surface area contributed by atoms with Crippen molar-refractivity contribution in [2.24, 2.45) is 0 Å². The summed E-state index contributed by atoms with van der Waals surface area (Å²) in [7, 11) is 1.32. The highest BCUT2D eigenvalue weighted by atomic mass is 16.7. The van der Waals surface area contributed by atoms with Crippen LogP contribution < -0.4 is 5.01 Å². The third kappa shape index (κ3) is 3.87. The molecule has 6 nitrogen and oxygen atoms in total. The molecule has 0 saturated carbocycles. The molecule has 0 atom stereocenters. The van der Waals surface area contributed by atoms with Crippen molar-refractivity contribution in [2.45, 2.75) is 6.92 Å². The Morgan fingerprint density at radius 2 is 1.52 bits per heavy atom. The zero-order chi connectivity index (χ0) is 16.7. The minimum atomic E-state index is -0.704. The van der Waals surface area contributed by atoms with Crippen LogP contribution in [0.5, 0.6) is 0 Å². The molecular formula is C17H18N2O4. The topological polar surface area (TPSA) is 59.1 Å². The van der Waals surface area contributed by atoms with Gasteiger partial charge in [0.1, 0.15) is 0 Å². The van der Waals surface area contributed by atoms with Gasteiger partial charge in [-0.1, -0.05) is 36.4 Å². The summed E-state index contributed by atoms with van der Waals surface area (Å²) in [6, 6.07) is 17.2. The summed E-state index contributed by atoms with van der Waals surface area (Å²) in [5.74, 6) is -0.481. The van der Waals surface area contributed by atoms with E-state index < -0.39 is 12.0 Å². The van der Waals surface area contributed by atoms with E-state index in [1.807, 2.05) is 6.07 Å². The highest BCUT2D eigenvalue weighted by molar-refractivity contribution is 5.98. The molecule has 0 fully saturated rings. The number of hydroxylamine groups is 1. The van der Waals surface area contributed by atoms with Crippen LogP contribution in [0.1, 0.15) is 17.3 Å². The monoisotopic (exact) mass is 314 g/mol. The Hall–Kier alpha value is -2.86. The van der Waals surface area contributed by atoms with Crippen LogP contribution in [0.3, 0.4) is 0 Å². The van der Waals surface area contributed by atoms with E-state index in [4.69, 9.17) is 9.57 Å². The van der Waals surface area contributed by atoms with Crippen molar-refractivity contribution in [3.8, 4) is 0 Å². The molecule has 0 aromatic heterocycles. The van der Waals surface area contributed by atoms with E-state index in [9.17, 15) is 9.59 Å². The van der Waals surface area contributed by atoms with Gasteiger partial charge in [-0.05, 0) is 31.2 Å². The van der Waals surface area contributed by atoms with Crippen LogP contribution in [-0.4, -0.2) is 30.9 Å². The fourth-order valence-corrected chi connectivity index (χ4v) is 1.98. The fourth-order valence-electron chi connectivity index (χ4n) is 1.98. The van der Waals surface area contributed by atoms with Crippen LogP contribution in [0, 0.1) is 0 Å². The zero-order valence-electron chi connectivity index (χ0n) is 13.0. The van der Waals surface area contributed by atoms with Crippen LogP contribution in [0.25, 0.3) is 0 Å². The maximum atomic E-state index is 12.7. The van der Waals surface area contributed by atoms with Gasteiger partial charge in [-0.25, -0.2) is 4.79 Å². The normalized spacial score (nSPS) is 10.0. The second-order valence-electron chi connectivity index (χ2n) is 4.47. The minimum Gasteiger partial charge on any atom is -0.448 e. The Bertz CT molecular complexity index is 646. The fraction of sp³-hybridized carbons (Fsp3) is 0.176. The molecule has 0 radical (unpaired) electrons. The van der Waals surface area contributed by atoms with Gasteiger partial charge in [-0.3, -0.25) is 9.63 Å². The number of para-hydroxylation sites is 1. The molecule has 120 valence electrons. The maximum Gasteiger partial charge on any atom is 0.435 e. The third-order valence-corrected chi connectivity index (χ3v) is 2.99. The molecule has 23 heavy (non-hydrogen) atoms. The molecule has 0 aliphatic rings. The molecule has 2 aromatic carbocycles. The Balaban J connectivity index is 2.39. The zero-order valence-corrected chi connectivity index (χ0v) is 13.0. The van der Waals surface area contributed by atoms with Gasteiger partial charge in [-0.2, -0.15) is 5.01 Å². The van der Waals surface area contributed by atoms with Crippen molar-refractivity contribution in [1.82, 2.24) is 5.17 Å². The summed E-state index contributed by atoms with van der Waals surface area (Å²) in [4.78, 5) is 30.1. The number of hydrazine groups is 1. The second kappa shape index (κ2) is 7.95. The van der Waals surface area contributed by atoms with Crippen molar-refractivity contribution in [2.75, 3.05) is 18.7 Å². The van der Waals surface area contributed by atoms with Gasteiger partial charge in [-0.15, -0.1) is 5.17 Å². The smallest absolute Gasteiger partial charge is 0.435 e. The number of carbonyl (C=O) groups is 2. The van der Waals surface area contributed by atoms with Crippen LogP contribution in [-0.2, 0) is 9.57 Å². The average molecular weight is 314 g/mol. The lowest BCUT2D eigenvalue weighted by atomic mass is 10.2. The van der Waals surface area contributed by atoms with Gasteiger partial charge in [0.2, 0.25) is 0 Å². The van der Waals surface area contributed by atoms with Gasteiger partial charge in [0.15, 0.2) is 0 Å². The van der Waals surface area contributed by atoms with Gasteiger partial charge in [0.05, 0.1) is 19.4 Å². The van der Waals surface area contributed by atoms with Crippen LogP contribution >= 0.6 is 0 Å². The Labute approximate surface area is 134 Å². The number of amides is 2. The van der Waals surface area contributed by atoms with E-state index in [0.717, 1.165) is 10.2 Å². The van der Waals surface area contributed by atoms with Crippen molar-refractivity contribution in [1.29, 1.82) is 0 Å². The number of benzene rings is 2. The molecule has 0 heterocycles. The van der Waals surface area contributed by atoms with Gasteiger partial charge in [0, 0.05) is 5.56 Å². The number of hydrogen-bond donors (Lipinski definition) is 0. The van der Waals surface area contributed by atoms with E-state index in [2.05, 4.69) is 0 Å². The van der Waals surface area contributed by atoms with Crippen LogP contribution in [0.15, 0.2) is 60.7 Å². The second-order valence-corrected chi connectivity index (χ2v) is 4.47. The average Bonchev–Trinajstić information content (AvgIpc) is 2.60. The minimum absolute atomic E-state index is 0.180. The van der Waals surface area contributed by atoms with E-state index in [-0.39, 0.29) is 6.61 Å². The maximum absolute atomic E-state index is 12.7. The molecule has 0 N–H and O–H groups in total. The largest absolute Gasteiger partial charge is 0.448 e. The lowest BCUT2D eigenvalue weighted by Gasteiger charge is -2.31. The number of nitrogens with zero attached hydrogens (tertiary/aromatic N) is 2. The summed E-state index contributed by atoms with van der Waals surface area (Å²) in [5.41, 5.74) is 0.844. The molecule has 0 bridgehead atoms. The van der Waals surface area contributed by atoms with Crippen LogP contribution in [0.2, 0.25) is 0 Å². The SMILES string of the molecule is CCOC(=O)N(c1ccccc1)N(OC)C(=O)c1ccccc1. The quantitative estimate of drug-likeness (QED) is 0.813. The number of rotatable bonds is 4. The summed E-state index contributed by atoms with van der Waals surface area (Å²) < 4.78 is 5.04. The Kier molecular flexibility index (Phi) is 5.71. The first-order valence-electron chi connectivity index (χ1n) is 7.14. The number of hydrogen-bond acceptors (Lipinski definition) is 4. The van der Waals surface area contributed by atoms with E-state index in [1.54, 1.807) is 61.5 Å². The molecule has 2 rings (SSSR count). The molecular weight excluding hydrogens is 296 g/mol. The van der Waals surface area contributed by atoms with E-state index >= 15 is 0 Å². The number of ether oxygens (including phenoxy) is 1. The lowest BCUT2D eigenvalue weighted by Crippen LogP contribution is -2.49. The third-order valence-electron chi connectivity index (χ3n) is 2.99. The summed E-state index contributed by atoms with van der Waals surface area (Å²) in [6.45, 7) is 1.87. The predicted octanol–water partition coefficient (Wildman–Crippen LogP) is 3.27. The molecule has 0 aliphatic heterocycles. The van der Waals surface area contributed by atoms with E-state index in [1.165, 1.54) is 7.11 Å². The summed E-state index contributed by atoms with van der Waals surface area (Å²) in [6.07, 6.45) is -0.704. The lowest BCUT2D eigenvalue weighted by molar-refractivity contribution is -0.100. The van der Waals surface area contributed by atoms with Gasteiger partial charge in [0.25, 0.3) is 5.91 Å². The molecule has 0 saturated heterocycles. The molecule has 0 aliphatic carbocycles. The first-order valence-corrected chi connectivity index (χ1v) is 7.14. The number of carbonyl (C=O) groups excluding carboxylic acids is 2. The molecule has 0 unspecified atom stereocenters. The van der Waals surface area contributed by atoms with Crippen molar-refractivity contribution < 1.29 is 19.2 Å². The van der Waals surface area contributed by atoms with Crippen molar-refractivity contribution in [3.63, 3.8) is 0 Å². The highest BCUT2D eigenvalue weighted by Crippen LogP contribution is 2.19. The van der Waals surface area contributed by atoms with Gasteiger partial charge < -0.3 is 4.74 Å². The predicted molar refractivity (Wildman–Crippen MR) is 85.6 cm³/mol. The van der Waals surface area contributed by atoms with Crippen molar-refractivity contribution >= 4 is 17.7 Å².